The fraction of sp³-hybridized carbons (Fsp3) is 0.500. The minimum Gasteiger partial charge on any atom is -0.203 e. The van der Waals surface area contributed by atoms with Gasteiger partial charge in [0, 0.05) is 10.9 Å². The lowest BCUT2D eigenvalue weighted by molar-refractivity contribution is 0.407. The molecule has 96 valence electrons. The molecule has 0 spiro atoms. The maximum absolute atomic E-state index is 13.4. The van der Waals surface area contributed by atoms with Gasteiger partial charge in [-0.1, -0.05) is 26.2 Å². The standard InChI is InChI=1S/C12H15F4P/c1-2-3-4-5-6-7-8(13)9(14)10(15)11(16)12(7)17/h2-6,17H2,1H3. The van der Waals surface area contributed by atoms with Gasteiger partial charge in [0.05, 0.1) is 0 Å². The molecule has 0 nitrogen and oxygen atoms in total. The lowest BCUT2D eigenvalue weighted by Gasteiger charge is -2.10. The zero-order valence-corrected chi connectivity index (χ0v) is 10.8. The van der Waals surface area contributed by atoms with Crippen LogP contribution in [0.1, 0.15) is 38.2 Å². The van der Waals surface area contributed by atoms with Gasteiger partial charge in [-0.15, -0.1) is 9.24 Å². The predicted molar refractivity (Wildman–Crippen MR) is 63.5 cm³/mol. The van der Waals surface area contributed by atoms with Crippen LogP contribution in [0.15, 0.2) is 0 Å². The molecule has 1 aromatic rings. The summed E-state index contributed by atoms with van der Waals surface area (Å²) in [6, 6.07) is 0. The number of rotatable bonds is 5. The Bertz CT molecular complexity index is 375. The molecule has 0 aliphatic carbocycles. The second kappa shape index (κ2) is 6.34. The monoisotopic (exact) mass is 266 g/mol. The summed E-state index contributed by atoms with van der Waals surface area (Å²) in [5, 5.41) is -0.210. The molecule has 0 saturated carbocycles. The number of benzene rings is 1. The summed E-state index contributed by atoms with van der Waals surface area (Å²) in [6.45, 7) is 2.03. The van der Waals surface area contributed by atoms with E-state index in [-0.39, 0.29) is 17.3 Å². The number of halogens is 4. The Morgan fingerprint density at radius 1 is 0.824 bits per heavy atom. The fourth-order valence-electron chi connectivity index (χ4n) is 1.67. The molecule has 0 aliphatic rings. The first-order valence-electron chi connectivity index (χ1n) is 5.61. The molecule has 0 heterocycles. The highest BCUT2D eigenvalue weighted by Crippen LogP contribution is 2.20. The van der Waals surface area contributed by atoms with Gasteiger partial charge in [-0.05, 0) is 12.8 Å². The Morgan fingerprint density at radius 3 is 2.00 bits per heavy atom. The zero-order chi connectivity index (χ0) is 13.0. The quantitative estimate of drug-likeness (QED) is 0.249. The van der Waals surface area contributed by atoms with E-state index in [0.29, 0.717) is 6.42 Å². The molecular formula is C12H15F4P. The van der Waals surface area contributed by atoms with Crippen LogP contribution in [0.3, 0.4) is 0 Å². The van der Waals surface area contributed by atoms with Gasteiger partial charge < -0.3 is 0 Å². The second-order valence-electron chi connectivity index (χ2n) is 3.96. The van der Waals surface area contributed by atoms with E-state index in [1.165, 1.54) is 0 Å². The van der Waals surface area contributed by atoms with E-state index in [1.807, 2.05) is 16.2 Å². The van der Waals surface area contributed by atoms with E-state index in [4.69, 9.17) is 0 Å². The van der Waals surface area contributed by atoms with Crippen LogP contribution in [0.4, 0.5) is 17.6 Å². The molecule has 0 fully saturated rings. The van der Waals surface area contributed by atoms with Crippen LogP contribution < -0.4 is 5.30 Å². The molecule has 1 aromatic carbocycles. The molecule has 0 bridgehead atoms. The van der Waals surface area contributed by atoms with Gasteiger partial charge in [-0.3, -0.25) is 0 Å². The summed E-state index contributed by atoms with van der Waals surface area (Å²) >= 11 is 0. The third-order valence-electron chi connectivity index (χ3n) is 2.68. The number of hydrogen-bond donors (Lipinski definition) is 0. The van der Waals surface area contributed by atoms with E-state index in [9.17, 15) is 17.6 Å². The van der Waals surface area contributed by atoms with Crippen molar-refractivity contribution in [3.63, 3.8) is 0 Å². The first-order valence-corrected chi connectivity index (χ1v) is 6.18. The van der Waals surface area contributed by atoms with Crippen molar-refractivity contribution in [1.29, 1.82) is 0 Å². The van der Waals surface area contributed by atoms with Crippen molar-refractivity contribution in [1.82, 2.24) is 0 Å². The molecular weight excluding hydrogens is 251 g/mol. The van der Waals surface area contributed by atoms with Gasteiger partial charge in [0.2, 0.25) is 0 Å². The summed E-state index contributed by atoms with van der Waals surface area (Å²) in [7, 11) is 1.94. The molecule has 0 radical (unpaired) electrons. The lowest BCUT2D eigenvalue weighted by atomic mass is 10.0. The Hall–Kier alpha value is -0.630. The molecule has 17 heavy (non-hydrogen) atoms. The van der Waals surface area contributed by atoms with Crippen molar-refractivity contribution in [3.8, 4) is 0 Å². The average Bonchev–Trinajstić information content (AvgIpc) is 2.33. The van der Waals surface area contributed by atoms with Crippen LogP contribution in [0.25, 0.3) is 0 Å². The topological polar surface area (TPSA) is 0 Å². The van der Waals surface area contributed by atoms with Crippen LogP contribution >= 0.6 is 9.24 Å². The lowest BCUT2D eigenvalue weighted by Crippen LogP contribution is -2.15. The normalized spacial score (nSPS) is 10.9. The van der Waals surface area contributed by atoms with E-state index in [1.54, 1.807) is 0 Å². The third kappa shape index (κ3) is 3.19. The fourth-order valence-corrected chi connectivity index (χ4v) is 2.06. The van der Waals surface area contributed by atoms with Crippen molar-refractivity contribution in [2.75, 3.05) is 0 Å². The van der Waals surface area contributed by atoms with Gasteiger partial charge in [0.1, 0.15) is 0 Å². The molecule has 5 heteroatoms. The summed E-state index contributed by atoms with van der Waals surface area (Å²) in [5.41, 5.74) is -0.0810. The second-order valence-corrected chi connectivity index (χ2v) is 4.54. The molecule has 1 rings (SSSR count). The SMILES string of the molecule is CCCCCCc1c(F)c(F)c(F)c(F)c1P. The van der Waals surface area contributed by atoms with Crippen molar-refractivity contribution in [2.24, 2.45) is 0 Å². The summed E-state index contributed by atoms with van der Waals surface area (Å²) < 4.78 is 52.5. The molecule has 0 amide bonds. The van der Waals surface area contributed by atoms with E-state index < -0.39 is 23.3 Å². The van der Waals surface area contributed by atoms with Crippen LogP contribution in [-0.2, 0) is 6.42 Å². The molecule has 0 aliphatic heterocycles. The zero-order valence-electron chi connectivity index (χ0n) is 9.62. The smallest absolute Gasteiger partial charge is 0.198 e. The van der Waals surface area contributed by atoms with Gasteiger partial charge in [-0.25, -0.2) is 17.6 Å². The maximum atomic E-state index is 13.4. The van der Waals surface area contributed by atoms with E-state index >= 15 is 0 Å². The first kappa shape index (κ1) is 14.4. The van der Waals surface area contributed by atoms with E-state index in [0.717, 1.165) is 19.3 Å². The van der Waals surface area contributed by atoms with Crippen LogP contribution in [0.2, 0.25) is 0 Å². The Kier molecular flexibility index (Phi) is 5.38. The molecule has 0 aromatic heterocycles. The summed E-state index contributed by atoms with van der Waals surface area (Å²) in [4.78, 5) is 0. The van der Waals surface area contributed by atoms with Crippen molar-refractivity contribution < 1.29 is 17.6 Å². The van der Waals surface area contributed by atoms with E-state index in [2.05, 4.69) is 0 Å². The first-order chi connectivity index (χ1) is 8.00. The Morgan fingerprint density at radius 2 is 1.41 bits per heavy atom. The van der Waals surface area contributed by atoms with Crippen LogP contribution in [0.5, 0.6) is 0 Å². The molecule has 0 saturated heterocycles. The van der Waals surface area contributed by atoms with Crippen molar-refractivity contribution in [2.45, 2.75) is 39.0 Å². The highest BCUT2D eigenvalue weighted by atomic mass is 31.0. The summed E-state index contributed by atoms with van der Waals surface area (Å²) in [5.74, 6) is -6.06. The van der Waals surface area contributed by atoms with Crippen molar-refractivity contribution in [3.05, 3.63) is 28.8 Å². The largest absolute Gasteiger partial charge is 0.203 e. The minimum absolute atomic E-state index is 0.0810. The van der Waals surface area contributed by atoms with Gasteiger partial charge in [-0.2, -0.15) is 0 Å². The number of hydrogen-bond acceptors (Lipinski definition) is 0. The van der Waals surface area contributed by atoms with Crippen LogP contribution in [0, 0.1) is 23.3 Å². The van der Waals surface area contributed by atoms with Gasteiger partial charge >= 0.3 is 0 Å². The molecule has 1 unspecified atom stereocenters. The van der Waals surface area contributed by atoms with Crippen molar-refractivity contribution >= 4 is 14.5 Å². The number of unbranched alkanes of at least 4 members (excludes halogenated alkanes) is 3. The highest BCUT2D eigenvalue weighted by Gasteiger charge is 2.22. The molecule has 1 atom stereocenters. The molecule has 0 N–H and O–H groups in total. The summed E-state index contributed by atoms with van der Waals surface area (Å²) in [6.07, 6.45) is 3.72. The van der Waals surface area contributed by atoms with Gasteiger partial charge in [0.25, 0.3) is 0 Å². The highest BCUT2D eigenvalue weighted by molar-refractivity contribution is 7.27. The predicted octanol–water partition coefficient (Wildman–Crippen LogP) is 3.87. The average molecular weight is 266 g/mol. The Labute approximate surface area is 101 Å². The minimum atomic E-state index is -1.75. The maximum Gasteiger partial charge on any atom is 0.198 e. The Balaban J connectivity index is 2.92. The van der Waals surface area contributed by atoms with Crippen LogP contribution in [-0.4, -0.2) is 0 Å². The third-order valence-corrected chi connectivity index (χ3v) is 3.29. The van der Waals surface area contributed by atoms with Gasteiger partial charge in [0.15, 0.2) is 23.3 Å².